The van der Waals surface area contributed by atoms with Gasteiger partial charge in [0.15, 0.2) is 0 Å². The van der Waals surface area contributed by atoms with E-state index >= 15 is 0 Å². The van der Waals surface area contributed by atoms with Crippen molar-refractivity contribution >= 4 is 17.6 Å². The molecule has 3 N–H and O–H groups in total. The van der Waals surface area contributed by atoms with Crippen LogP contribution in [0, 0.1) is 11.3 Å². The highest BCUT2D eigenvalue weighted by molar-refractivity contribution is 5.97. The van der Waals surface area contributed by atoms with E-state index in [0.29, 0.717) is 5.69 Å². The van der Waals surface area contributed by atoms with Gasteiger partial charge in [-0.15, -0.1) is 0 Å². The molecule has 2 rings (SSSR count). The summed E-state index contributed by atoms with van der Waals surface area (Å²) in [6, 6.07) is 17.0. The van der Waals surface area contributed by atoms with Gasteiger partial charge in [-0.3, -0.25) is 4.79 Å². The molecule has 0 aliphatic carbocycles. The largest absolute Gasteiger partial charge is 0.478 e. The van der Waals surface area contributed by atoms with E-state index in [1.165, 1.54) is 18.3 Å². The maximum Gasteiger partial charge on any atom is 0.335 e. The van der Waals surface area contributed by atoms with Gasteiger partial charge < -0.3 is 15.7 Å². The number of carboxylic acid groups (broad SMARTS) is 1. The fourth-order valence-corrected chi connectivity index (χ4v) is 2.11. The first kappa shape index (κ1) is 17.8. The third kappa shape index (κ3) is 4.94. The zero-order valence-corrected chi connectivity index (χ0v) is 13.6. The van der Waals surface area contributed by atoms with Crippen molar-refractivity contribution in [1.29, 1.82) is 5.26 Å². The van der Waals surface area contributed by atoms with Gasteiger partial charge in [0, 0.05) is 11.9 Å². The molecule has 25 heavy (non-hydrogen) atoms. The van der Waals surface area contributed by atoms with Crippen LogP contribution in [0.4, 0.5) is 5.69 Å². The van der Waals surface area contributed by atoms with E-state index in [9.17, 15) is 14.9 Å². The quantitative estimate of drug-likeness (QED) is 0.556. The topological polar surface area (TPSA) is 102 Å². The van der Waals surface area contributed by atoms with Crippen LogP contribution < -0.4 is 10.6 Å². The summed E-state index contributed by atoms with van der Waals surface area (Å²) in [4.78, 5) is 23.0. The first-order chi connectivity index (χ1) is 12.0. The molecule has 0 aromatic heterocycles. The minimum Gasteiger partial charge on any atom is -0.478 e. The normalized spacial score (nSPS) is 11.9. The molecule has 6 heteroatoms. The first-order valence-electron chi connectivity index (χ1n) is 7.57. The molecular weight excluding hydrogens is 318 g/mol. The number of carbonyl (C=O) groups is 2. The predicted octanol–water partition coefficient (Wildman–Crippen LogP) is 3.08. The molecule has 0 aliphatic rings. The second-order valence-electron chi connectivity index (χ2n) is 5.30. The minimum absolute atomic E-state index is 0.0786. The summed E-state index contributed by atoms with van der Waals surface area (Å²) in [5, 5.41) is 23.6. The number of carbonyl (C=O) groups excluding carboxylic acids is 1. The molecular formula is C19H17N3O3. The zero-order chi connectivity index (χ0) is 18.2. The lowest BCUT2D eigenvalue weighted by atomic mass is 10.1. The Balaban J connectivity index is 2.02. The standard InChI is InChI=1S/C19H17N3O3/c1-13(14-5-3-2-4-6-14)22-18(23)16(11-20)12-21-17-9-7-15(8-10-17)19(24)25/h2-10,12-13,21H,1H3,(H,22,23)(H,24,25)/b16-12-. The van der Waals surface area contributed by atoms with Crippen LogP contribution in [0.2, 0.25) is 0 Å². The van der Waals surface area contributed by atoms with Crippen molar-refractivity contribution in [1.82, 2.24) is 5.32 Å². The average Bonchev–Trinajstić information content (AvgIpc) is 2.63. The summed E-state index contributed by atoms with van der Waals surface area (Å²) >= 11 is 0. The summed E-state index contributed by atoms with van der Waals surface area (Å²) < 4.78 is 0. The van der Waals surface area contributed by atoms with E-state index < -0.39 is 11.9 Å². The van der Waals surface area contributed by atoms with Gasteiger partial charge in [-0.1, -0.05) is 30.3 Å². The van der Waals surface area contributed by atoms with E-state index in [0.717, 1.165) is 5.56 Å². The number of benzene rings is 2. The predicted molar refractivity (Wildman–Crippen MR) is 93.7 cm³/mol. The Morgan fingerprint density at radius 3 is 2.32 bits per heavy atom. The monoisotopic (exact) mass is 335 g/mol. The van der Waals surface area contributed by atoms with Crippen LogP contribution in [0.1, 0.15) is 28.9 Å². The highest BCUT2D eigenvalue weighted by Crippen LogP contribution is 2.13. The summed E-state index contributed by atoms with van der Waals surface area (Å²) in [5.41, 5.74) is 1.58. The lowest BCUT2D eigenvalue weighted by Crippen LogP contribution is -2.28. The molecule has 2 aromatic rings. The Morgan fingerprint density at radius 2 is 1.76 bits per heavy atom. The van der Waals surface area contributed by atoms with Crippen molar-refractivity contribution in [3.8, 4) is 6.07 Å². The number of rotatable bonds is 6. The number of nitrogens with zero attached hydrogens (tertiary/aromatic N) is 1. The van der Waals surface area contributed by atoms with Crippen LogP contribution >= 0.6 is 0 Å². The van der Waals surface area contributed by atoms with Gasteiger partial charge in [0.2, 0.25) is 0 Å². The van der Waals surface area contributed by atoms with Crippen LogP contribution in [0.15, 0.2) is 66.4 Å². The number of carboxylic acids is 1. The van der Waals surface area contributed by atoms with Crippen LogP contribution in [0.25, 0.3) is 0 Å². The molecule has 2 aromatic carbocycles. The van der Waals surface area contributed by atoms with Gasteiger partial charge in [-0.05, 0) is 36.8 Å². The van der Waals surface area contributed by atoms with Crippen molar-refractivity contribution < 1.29 is 14.7 Å². The first-order valence-corrected chi connectivity index (χ1v) is 7.57. The highest BCUT2D eigenvalue weighted by Gasteiger charge is 2.13. The van der Waals surface area contributed by atoms with Gasteiger partial charge >= 0.3 is 5.97 Å². The molecule has 0 heterocycles. The Hall–Kier alpha value is -3.59. The maximum atomic E-state index is 12.2. The number of hydrogen-bond acceptors (Lipinski definition) is 4. The van der Waals surface area contributed by atoms with Crippen LogP contribution in [-0.2, 0) is 4.79 Å². The molecule has 126 valence electrons. The lowest BCUT2D eigenvalue weighted by Gasteiger charge is -2.13. The molecule has 0 radical (unpaired) electrons. The number of anilines is 1. The highest BCUT2D eigenvalue weighted by atomic mass is 16.4. The van der Waals surface area contributed by atoms with E-state index in [-0.39, 0.29) is 17.2 Å². The van der Waals surface area contributed by atoms with E-state index in [1.807, 2.05) is 43.3 Å². The fourth-order valence-electron chi connectivity index (χ4n) is 2.11. The smallest absolute Gasteiger partial charge is 0.335 e. The van der Waals surface area contributed by atoms with Crippen molar-refractivity contribution in [2.75, 3.05) is 5.32 Å². The molecule has 0 saturated heterocycles. The van der Waals surface area contributed by atoms with Crippen molar-refractivity contribution in [3.63, 3.8) is 0 Å². The number of hydrogen-bond donors (Lipinski definition) is 3. The van der Waals surface area contributed by atoms with Gasteiger partial charge in [0.1, 0.15) is 11.6 Å². The van der Waals surface area contributed by atoms with Crippen LogP contribution in [0.3, 0.4) is 0 Å². The zero-order valence-electron chi connectivity index (χ0n) is 13.6. The average molecular weight is 335 g/mol. The second-order valence-corrected chi connectivity index (χ2v) is 5.30. The summed E-state index contributed by atoms with van der Waals surface area (Å²) in [7, 11) is 0. The van der Waals surface area contributed by atoms with E-state index in [2.05, 4.69) is 10.6 Å². The molecule has 6 nitrogen and oxygen atoms in total. The lowest BCUT2D eigenvalue weighted by molar-refractivity contribution is -0.117. The number of aromatic carboxylic acids is 1. The molecule has 1 amide bonds. The van der Waals surface area contributed by atoms with Gasteiger partial charge in [-0.2, -0.15) is 5.26 Å². The summed E-state index contributed by atoms with van der Waals surface area (Å²) in [5.74, 6) is -1.51. The Morgan fingerprint density at radius 1 is 1.12 bits per heavy atom. The molecule has 1 unspecified atom stereocenters. The molecule has 0 spiro atoms. The third-order valence-electron chi connectivity index (χ3n) is 3.53. The molecule has 0 aliphatic heterocycles. The van der Waals surface area contributed by atoms with Crippen molar-refractivity contribution in [2.45, 2.75) is 13.0 Å². The summed E-state index contributed by atoms with van der Waals surface area (Å²) in [6.45, 7) is 1.83. The summed E-state index contributed by atoms with van der Waals surface area (Å²) in [6.07, 6.45) is 1.29. The number of amides is 1. The molecule has 0 bridgehead atoms. The Bertz CT molecular complexity index is 821. The van der Waals surface area contributed by atoms with Crippen LogP contribution in [-0.4, -0.2) is 17.0 Å². The number of nitriles is 1. The number of nitrogens with one attached hydrogen (secondary N) is 2. The van der Waals surface area contributed by atoms with Crippen LogP contribution in [0.5, 0.6) is 0 Å². The fraction of sp³-hybridized carbons (Fsp3) is 0.105. The molecule has 0 fully saturated rings. The van der Waals surface area contributed by atoms with Gasteiger partial charge in [-0.25, -0.2) is 4.79 Å². The third-order valence-corrected chi connectivity index (χ3v) is 3.53. The van der Waals surface area contributed by atoms with E-state index in [4.69, 9.17) is 5.11 Å². The SMILES string of the molecule is CC(NC(=O)/C(C#N)=C\Nc1ccc(C(=O)O)cc1)c1ccccc1. The van der Waals surface area contributed by atoms with Gasteiger partial charge in [0.25, 0.3) is 5.91 Å². The molecule has 1 atom stereocenters. The Kier molecular flexibility index (Phi) is 5.91. The minimum atomic E-state index is -1.02. The Labute approximate surface area is 145 Å². The van der Waals surface area contributed by atoms with E-state index in [1.54, 1.807) is 12.1 Å². The van der Waals surface area contributed by atoms with Crippen molar-refractivity contribution in [2.24, 2.45) is 0 Å². The second kappa shape index (κ2) is 8.31. The maximum absolute atomic E-state index is 12.2. The molecule has 0 saturated carbocycles. The van der Waals surface area contributed by atoms with Crippen molar-refractivity contribution in [3.05, 3.63) is 77.5 Å². The van der Waals surface area contributed by atoms with Gasteiger partial charge in [0.05, 0.1) is 11.6 Å².